The summed E-state index contributed by atoms with van der Waals surface area (Å²) >= 11 is 3.60. The van der Waals surface area contributed by atoms with Crippen LogP contribution in [-0.2, 0) is 18.2 Å². The highest BCUT2D eigenvalue weighted by molar-refractivity contribution is 8.06. The summed E-state index contributed by atoms with van der Waals surface area (Å²) in [7, 11) is 0. The molecule has 24 heavy (non-hydrogen) atoms. The highest BCUT2D eigenvalue weighted by Crippen LogP contribution is 2.26. The van der Waals surface area contributed by atoms with E-state index in [0.717, 1.165) is 0 Å². The number of nitrogens with zero attached hydrogens (tertiary/aromatic N) is 1. The second-order valence-corrected chi connectivity index (χ2v) is 7.16. The Kier molecular flexibility index (Phi) is 7.34. The number of nitro benzene ring substituents is 1. The van der Waals surface area contributed by atoms with Crippen molar-refractivity contribution in [2.24, 2.45) is 0 Å². The van der Waals surface area contributed by atoms with E-state index in [-0.39, 0.29) is 11.5 Å². The van der Waals surface area contributed by atoms with Gasteiger partial charge in [-0.2, -0.15) is 0 Å². The lowest BCUT2D eigenvalue weighted by molar-refractivity contribution is -0.384. The number of benzene rings is 2. The van der Waals surface area contributed by atoms with E-state index >= 15 is 0 Å². The first-order valence-electron chi connectivity index (χ1n) is 6.78. The van der Waals surface area contributed by atoms with Crippen LogP contribution in [0.5, 0.6) is 0 Å². The van der Waals surface area contributed by atoms with Crippen molar-refractivity contribution in [2.45, 2.75) is 13.3 Å². The van der Waals surface area contributed by atoms with E-state index in [9.17, 15) is 14.9 Å². The molecule has 2 aromatic rings. The molecule has 0 radical (unpaired) electrons. The van der Waals surface area contributed by atoms with Gasteiger partial charge >= 0.3 is 6.72 Å². The molecule has 0 unspecified atom stereocenters. The molecule has 0 aliphatic rings. The van der Waals surface area contributed by atoms with Crippen molar-refractivity contribution in [2.75, 3.05) is 0 Å². The summed E-state index contributed by atoms with van der Waals surface area (Å²) in [5.74, 6) is -0.104. The van der Waals surface area contributed by atoms with Gasteiger partial charge in [-0.25, -0.2) is 0 Å². The fourth-order valence-corrected chi connectivity index (χ4v) is 1.95. The van der Waals surface area contributed by atoms with Crippen molar-refractivity contribution in [1.29, 1.82) is 0 Å². The van der Waals surface area contributed by atoms with Gasteiger partial charge < -0.3 is 14.7 Å². The van der Waals surface area contributed by atoms with Gasteiger partial charge in [-0.1, -0.05) is 37.3 Å². The first-order chi connectivity index (χ1) is 11.1. The Hall–Kier alpha value is -1.96. The molecule has 0 aliphatic heterocycles. The second-order valence-electron chi connectivity index (χ2n) is 4.66. The Balaban J connectivity index is 0.000000505. The third-order valence-corrected chi connectivity index (χ3v) is 2.96. The monoisotopic (exact) mass is 369 g/mol. The summed E-state index contributed by atoms with van der Waals surface area (Å²) in [6, 6.07) is 13.3. The van der Waals surface area contributed by atoms with Crippen molar-refractivity contribution in [3.05, 3.63) is 75.3 Å². The second kappa shape index (κ2) is 8.77. The lowest BCUT2D eigenvalue weighted by Crippen LogP contribution is -2.05. The van der Waals surface area contributed by atoms with E-state index in [0.29, 0.717) is 23.1 Å². The van der Waals surface area contributed by atoms with E-state index in [2.05, 4.69) is 11.8 Å². The number of ketones is 1. The van der Waals surface area contributed by atoms with Gasteiger partial charge in [0, 0.05) is 23.3 Å². The molecule has 0 heterocycles. The Bertz CT molecular complexity index is 767. The number of aryl methyl sites for hydroxylation is 1. The van der Waals surface area contributed by atoms with Crippen molar-refractivity contribution < 1.29 is 24.4 Å². The van der Waals surface area contributed by atoms with Crippen molar-refractivity contribution in [1.82, 2.24) is 0 Å². The van der Waals surface area contributed by atoms with Gasteiger partial charge in [0.05, 0.1) is 4.92 Å². The zero-order chi connectivity index (χ0) is 18.3. The molecule has 0 atom stereocenters. The lowest BCUT2D eigenvalue weighted by atomic mass is 9.96. The van der Waals surface area contributed by atoms with Crippen LogP contribution in [0.3, 0.4) is 0 Å². The number of hydrogen-bond acceptors (Lipinski definition) is 4. The maximum Gasteiger partial charge on any atom is 0.319 e. The Labute approximate surface area is 143 Å². The normalized spacial score (nSPS) is 10.5. The fourth-order valence-electron chi connectivity index (χ4n) is 1.95. The van der Waals surface area contributed by atoms with Crippen molar-refractivity contribution in [3.8, 4) is 0 Å². The number of rotatable bonds is 4. The molecule has 2 aromatic carbocycles. The first-order valence-corrected chi connectivity index (χ1v) is 9.45. The van der Waals surface area contributed by atoms with Gasteiger partial charge in [0.15, 0.2) is 5.78 Å². The summed E-state index contributed by atoms with van der Waals surface area (Å²) in [6.45, 7) is -1.93. The summed E-state index contributed by atoms with van der Waals surface area (Å²) in [4.78, 5) is 45.3. The lowest BCUT2D eigenvalue weighted by Gasteiger charge is -2.06. The van der Waals surface area contributed by atoms with Crippen LogP contribution in [0.4, 0.5) is 5.69 Å². The minimum absolute atomic E-state index is 0.0152. The first kappa shape index (κ1) is 20.1. The molecule has 128 valence electrons. The van der Waals surface area contributed by atoms with E-state index in [1.807, 2.05) is 13.0 Å². The number of hydrogen-bond donors (Lipinski definition) is 3. The number of carbonyl (C=O) groups excluding carboxylic acids is 1. The van der Waals surface area contributed by atoms with Gasteiger partial charge in [-0.3, -0.25) is 14.9 Å². The molecule has 0 saturated carbocycles. The predicted octanol–water partition coefficient (Wildman–Crippen LogP) is 2.58. The number of carbonyl (C=O) groups is 1. The summed E-state index contributed by atoms with van der Waals surface area (Å²) in [5.41, 5.74) is 1.83. The van der Waals surface area contributed by atoms with Crippen molar-refractivity contribution in [3.63, 3.8) is 0 Å². The van der Waals surface area contributed by atoms with Crippen molar-refractivity contribution >= 4 is 30.0 Å². The van der Waals surface area contributed by atoms with Crippen LogP contribution in [0.1, 0.15) is 28.4 Å². The Morgan fingerprint density at radius 3 is 2.17 bits per heavy atom. The Morgan fingerprint density at radius 2 is 1.71 bits per heavy atom. The molecule has 0 aromatic heterocycles. The molecule has 0 amide bonds. The third kappa shape index (κ3) is 6.66. The standard InChI is InChI=1S/C15H13NO3.H3O3PS/c1-2-11-10-13(16(18)19)8-9-14(11)15(17)12-6-4-3-5-7-12;1-4(2,3)5/h3-10H,2H2,1H3;(H3,1,2,3,5). The Morgan fingerprint density at radius 1 is 1.17 bits per heavy atom. The maximum atomic E-state index is 12.3. The zero-order valence-corrected chi connectivity index (χ0v) is 14.4. The van der Waals surface area contributed by atoms with E-state index < -0.39 is 11.6 Å². The molecular formula is C15H16NO6PS. The smallest absolute Gasteiger partial charge is 0.319 e. The minimum atomic E-state index is -3.81. The molecule has 0 aliphatic carbocycles. The van der Waals surface area contributed by atoms with Gasteiger partial charge in [-0.05, 0) is 29.9 Å². The number of nitro groups is 1. The molecule has 0 fully saturated rings. The van der Waals surface area contributed by atoms with Crippen LogP contribution in [-0.4, -0.2) is 25.4 Å². The molecule has 0 spiro atoms. The average Bonchev–Trinajstić information content (AvgIpc) is 2.52. The van der Waals surface area contributed by atoms with E-state index in [1.54, 1.807) is 24.3 Å². The predicted molar refractivity (Wildman–Crippen MR) is 93.3 cm³/mol. The summed E-state index contributed by atoms with van der Waals surface area (Å²) in [5, 5.41) is 10.7. The maximum absolute atomic E-state index is 12.3. The fraction of sp³-hybridized carbons (Fsp3) is 0.133. The van der Waals surface area contributed by atoms with Gasteiger partial charge in [0.1, 0.15) is 0 Å². The topological polar surface area (TPSA) is 121 Å². The van der Waals surface area contributed by atoms with Gasteiger partial charge in [0.25, 0.3) is 5.69 Å². The minimum Gasteiger partial charge on any atom is -0.325 e. The molecule has 0 saturated heterocycles. The van der Waals surface area contributed by atoms with E-state index in [4.69, 9.17) is 14.7 Å². The molecular weight excluding hydrogens is 353 g/mol. The quantitative estimate of drug-likeness (QED) is 0.328. The largest absolute Gasteiger partial charge is 0.325 e. The highest BCUT2D eigenvalue weighted by Gasteiger charge is 2.16. The van der Waals surface area contributed by atoms with Crippen LogP contribution in [0, 0.1) is 10.1 Å². The molecule has 3 N–H and O–H groups in total. The molecule has 7 nitrogen and oxygen atoms in total. The SMILES string of the molecule is CCc1cc([N+](=O)[O-])ccc1C(=O)c1ccccc1.OP(O)(O)=S. The number of non-ortho nitro benzene ring substituents is 1. The van der Waals surface area contributed by atoms with Gasteiger partial charge in [0.2, 0.25) is 0 Å². The van der Waals surface area contributed by atoms with Crippen LogP contribution in [0.25, 0.3) is 0 Å². The third-order valence-electron chi connectivity index (χ3n) is 2.96. The average molecular weight is 369 g/mol. The van der Waals surface area contributed by atoms with Crippen LogP contribution < -0.4 is 0 Å². The highest BCUT2D eigenvalue weighted by atomic mass is 32.5. The summed E-state index contributed by atoms with van der Waals surface area (Å²) < 4.78 is 0. The van der Waals surface area contributed by atoms with Crippen LogP contribution in [0.15, 0.2) is 48.5 Å². The molecule has 0 bridgehead atoms. The molecule has 9 heteroatoms. The molecule has 2 rings (SSSR count). The van der Waals surface area contributed by atoms with E-state index in [1.165, 1.54) is 18.2 Å². The van der Waals surface area contributed by atoms with Gasteiger partial charge in [-0.15, -0.1) is 0 Å². The van der Waals surface area contributed by atoms with Crippen LogP contribution in [0.2, 0.25) is 0 Å². The zero-order valence-electron chi connectivity index (χ0n) is 12.7. The summed E-state index contributed by atoms with van der Waals surface area (Å²) in [6.07, 6.45) is 0.579. The van der Waals surface area contributed by atoms with Crippen LogP contribution >= 0.6 is 6.72 Å².